The molecule has 10 heteroatoms. The van der Waals surface area contributed by atoms with E-state index in [4.69, 9.17) is 9.16 Å². The van der Waals surface area contributed by atoms with E-state index in [1.54, 1.807) is 4.90 Å². The minimum atomic E-state index is -2.29. The number of hydrogen-bond acceptors (Lipinski definition) is 7. The number of carbonyl (C=O) groups is 1. The number of hydrogen-bond donors (Lipinski definition) is 2. The lowest BCUT2D eigenvalue weighted by Crippen LogP contribution is -2.48. The van der Waals surface area contributed by atoms with Gasteiger partial charge in [-0.05, 0) is 48.7 Å². The van der Waals surface area contributed by atoms with E-state index in [2.05, 4.69) is 43.8 Å². The fourth-order valence-corrected chi connectivity index (χ4v) is 6.23. The van der Waals surface area contributed by atoms with Gasteiger partial charge in [-0.2, -0.15) is 0 Å². The Labute approximate surface area is 218 Å². The lowest BCUT2D eigenvalue weighted by Gasteiger charge is -2.40. The maximum Gasteiger partial charge on any atom is 0.259 e. The standard InChI is InChI=1S/C27H36N4O5Si/c1-27(2,3)37(4,5)36-22-21(33)19(15-32)35-26(22)31-14-18-12-9-13-30(23-20(18)24(31)29-16-28-23)25(34)17-10-7-6-8-11-17/h6-8,10-11,14,16,19,21-22,26,32-33H,9,12-13,15H2,1-5H3/t19-,21-,22-,26-/m1/s1. The number of amides is 1. The molecule has 3 aromatic rings. The van der Waals surface area contributed by atoms with Crippen LogP contribution in [0.1, 0.15) is 49.3 Å². The van der Waals surface area contributed by atoms with E-state index < -0.39 is 32.9 Å². The van der Waals surface area contributed by atoms with Crippen LogP contribution < -0.4 is 4.90 Å². The molecule has 1 amide bonds. The van der Waals surface area contributed by atoms with Gasteiger partial charge in [0.2, 0.25) is 0 Å². The van der Waals surface area contributed by atoms with E-state index in [9.17, 15) is 15.0 Å². The first kappa shape index (κ1) is 26.0. The summed E-state index contributed by atoms with van der Waals surface area (Å²) in [7, 11) is -2.29. The van der Waals surface area contributed by atoms with Crippen molar-refractivity contribution < 1.29 is 24.2 Å². The minimum Gasteiger partial charge on any atom is -0.407 e. The van der Waals surface area contributed by atoms with Gasteiger partial charge < -0.3 is 23.9 Å². The molecule has 0 saturated carbocycles. The van der Waals surface area contributed by atoms with E-state index in [1.807, 2.05) is 41.1 Å². The summed E-state index contributed by atoms with van der Waals surface area (Å²) in [5.41, 5.74) is 2.24. The molecule has 5 rings (SSSR count). The molecule has 4 heterocycles. The van der Waals surface area contributed by atoms with Gasteiger partial charge >= 0.3 is 0 Å². The number of aliphatic hydroxyl groups excluding tert-OH is 2. The minimum absolute atomic E-state index is 0.0764. The van der Waals surface area contributed by atoms with Crippen molar-refractivity contribution in [2.45, 2.75) is 76.3 Å². The Morgan fingerprint density at radius 3 is 2.62 bits per heavy atom. The van der Waals surface area contributed by atoms with Crippen molar-refractivity contribution in [2.75, 3.05) is 18.1 Å². The highest BCUT2D eigenvalue weighted by molar-refractivity contribution is 6.74. The highest BCUT2D eigenvalue weighted by Crippen LogP contribution is 2.43. The van der Waals surface area contributed by atoms with Crippen molar-refractivity contribution in [1.29, 1.82) is 0 Å². The summed E-state index contributed by atoms with van der Waals surface area (Å²) < 4.78 is 14.8. The molecular formula is C27H36N4O5Si. The maximum absolute atomic E-state index is 13.5. The van der Waals surface area contributed by atoms with E-state index in [0.29, 0.717) is 23.6 Å². The number of benzene rings is 1. The van der Waals surface area contributed by atoms with Crippen molar-refractivity contribution in [3.05, 3.63) is 54.0 Å². The molecular weight excluding hydrogens is 488 g/mol. The first-order chi connectivity index (χ1) is 17.5. The van der Waals surface area contributed by atoms with Crippen LogP contribution in [0.3, 0.4) is 0 Å². The van der Waals surface area contributed by atoms with Crippen LogP contribution >= 0.6 is 0 Å². The third-order valence-electron chi connectivity index (χ3n) is 8.02. The molecule has 0 bridgehead atoms. The van der Waals surface area contributed by atoms with Crippen LogP contribution in [0.25, 0.3) is 11.0 Å². The molecule has 0 aliphatic carbocycles. The molecule has 2 aliphatic rings. The molecule has 1 fully saturated rings. The number of anilines is 1. The number of nitrogens with zero attached hydrogens (tertiary/aromatic N) is 4. The van der Waals surface area contributed by atoms with E-state index in [0.717, 1.165) is 23.8 Å². The first-order valence-electron chi connectivity index (χ1n) is 12.9. The van der Waals surface area contributed by atoms with Gasteiger partial charge in [0.05, 0.1) is 12.0 Å². The summed E-state index contributed by atoms with van der Waals surface area (Å²) >= 11 is 0. The zero-order chi connectivity index (χ0) is 26.5. The van der Waals surface area contributed by atoms with Crippen molar-refractivity contribution >= 4 is 31.1 Å². The molecule has 0 unspecified atom stereocenters. The fraction of sp³-hybridized carbons (Fsp3) is 0.519. The van der Waals surface area contributed by atoms with Crippen LogP contribution in [0.5, 0.6) is 0 Å². The summed E-state index contributed by atoms with van der Waals surface area (Å²) in [5, 5.41) is 21.8. The maximum atomic E-state index is 13.5. The summed E-state index contributed by atoms with van der Waals surface area (Å²) in [6, 6.07) is 9.21. The molecule has 2 aromatic heterocycles. The highest BCUT2D eigenvalue weighted by atomic mass is 28.4. The average Bonchev–Trinajstić information content (AvgIpc) is 3.31. The van der Waals surface area contributed by atoms with E-state index in [-0.39, 0.29) is 17.6 Å². The Bertz CT molecular complexity index is 1290. The molecule has 0 spiro atoms. The zero-order valence-corrected chi connectivity index (χ0v) is 23.1. The predicted molar refractivity (Wildman–Crippen MR) is 143 cm³/mol. The highest BCUT2D eigenvalue weighted by Gasteiger charge is 2.50. The molecule has 198 valence electrons. The lowest BCUT2D eigenvalue weighted by molar-refractivity contribution is -0.0495. The quantitative estimate of drug-likeness (QED) is 0.490. The Kier molecular flexibility index (Phi) is 6.74. The van der Waals surface area contributed by atoms with Gasteiger partial charge in [-0.25, -0.2) is 9.97 Å². The number of aliphatic hydroxyl groups is 2. The smallest absolute Gasteiger partial charge is 0.259 e. The average molecular weight is 525 g/mol. The Morgan fingerprint density at radius 1 is 1.22 bits per heavy atom. The second-order valence-corrected chi connectivity index (χ2v) is 16.2. The number of aromatic nitrogens is 3. The van der Waals surface area contributed by atoms with Crippen LogP contribution in [0, 0.1) is 0 Å². The molecule has 1 saturated heterocycles. The van der Waals surface area contributed by atoms with Gasteiger partial charge in [0.1, 0.15) is 36.1 Å². The Balaban J connectivity index is 1.59. The predicted octanol–water partition coefficient (Wildman–Crippen LogP) is 3.67. The van der Waals surface area contributed by atoms with Gasteiger partial charge in [0, 0.05) is 18.3 Å². The summed E-state index contributed by atoms with van der Waals surface area (Å²) in [6.45, 7) is 10.9. The van der Waals surface area contributed by atoms with Gasteiger partial charge in [-0.1, -0.05) is 39.0 Å². The molecule has 2 aliphatic heterocycles. The van der Waals surface area contributed by atoms with Gasteiger partial charge in [0.25, 0.3) is 5.91 Å². The first-order valence-corrected chi connectivity index (χ1v) is 15.8. The topological polar surface area (TPSA) is 110 Å². The van der Waals surface area contributed by atoms with Gasteiger partial charge in [-0.3, -0.25) is 9.69 Å². The summed E-state index contributed by atoms with van der Waals surface area (Å²) in [4.78, 5) is 24.3. The van der Waals surface area contributed by atoms with Crippen molar-refractivity contribution in [2.24, 2.45) is 0 Å². The Hall–Kier alpha value is -2.63. The summed E-state index contributed by atoms with van der Waals surface area (Å²) in [5.74, 6) is 0.470. The monoisotopic (exact) mass is 524 g/mol. The number of rotatable bonds is 5. The number of carbonyl (C=O) groups excluding carboxylic acids is 1. The number of aryl methyl sites for hydroxylation is 1. The summed E-state index contributed by atoms with van der Waals surface area (Å²) in [6.07, 6.45) is 1.84. The Morgan fingerprint density at radius 2 is 1.95 bits per heavy atom. The molecule has 9 nitrogen and oxygen atoms in total. The molecule has 1 aromatic carbocycles. The van der Waals surface area contributed by atoms with Crippen molar-refractivity contribution in [3.63, 3.8) is 0 Å². The number of ether oxygens (including phenoxy) is 1. The second-order valence-electron chi connectivity index (χ2n) is 11.5. The van der Waals surface area contributed by atoms with Crippen LogP contribution in [-0.2, 0) is 15.6 Å². The molecule has 2 N–H and O–H groups in total. The molecule has 0 radical (unpaired) electrons. The second kappa shape index (κ2) is 9.59. The van der Waals surface area contributed by atoms with Gasteiger partial charge in [-0.15, -0.1) is 0 Å². The largest absolute Gasteiger partial charge is 0.407 e. The molecule has 37 heavy (non-hydrogen) atoms. The zero-order valence-electron chi connectivity index (χ0n) is 22.1. The van der Waals surface area contributed by atoms with Crippen molar-refractivity contribution in [1.82, 2.24) is 14.5 Å². The SMILES string of the molecule is CC(C)(C)[Si](C)(C)O[C@@H]1[C@H](O)[C@@H](CO)O[C@H]1n1cc2c3c(ncnc31)N(C(=O)c1ccccc1)CCC2. The van der Waals surface area contributed by atoms with Crippen LogP contribution in [0.4, 0.5) is 5.82 Å². The lowest BCUT2D eigenvalue weighted by atomic mass is 10.1. The van der Waals surface area contributed by atoms with Crippen molar-refractivity contribution in [3.8, 4) is 0 Å². The van der Waals surface area contributed by atoms with E-state index >= 15 is 0 Å². The molecule has 4 atom stereocenters. The van der Waals surface area contributed by atoms with E-state index in [1.165, 1.54) is 6.33 Å². The van der Waals surface area contributed by atoms with Crippen LogP contribution in [0.2, 0.25) is 18.1 Å². The third-order valence-corrected chi connectivity index (χ3v) is 12.5. The van der Waals surface area contributed by atoms with Crippen LogP contribution in [0.15, 0.2) is 42.9 Å². The third kappa shape index (κ3) is 4.50. The fourth-order valence-electron chi connectivity index (χ4n) is 4.94. The normalized spacial score (nSPS) is 24.5. The van der Waals surface area contributed by atoms with Crippen LogP contribution in [-0.4, -0.2) is 70.4 Å². The van der Waals surface area contributed by atoms with Gasteiger partial charge in [0.15, 0.2) is 14.5 Å².